The third-order valence-corrected chi connectivity index (χ3v) is 4.89. The molecule has 3 saturated heterocycles. The average Bonchev–Trinajstić information content (AvgIpc) is 2.96. The Morgan fingerprint density at radius 1 is 1.29 bits per heavy atom. The fourth-order valence-corrected chi connectivity index (χ4v) is 3.70. The molecule has 120 valence electrons. The number of hydroxylamine groups is 2. The van der Waals surface area contributed by atoms with Gasteiger partial charge in [-0.15, -0.1) is 0 Å². The van der Waals surface area contributed by atoms with Crippen LogP contribution in [0.25, 0.3) is 0 Å². The van der Waals surface area contributed by atoms with Crippen LogP contribution in [0.4, 0.5) is 0 Å². The first kappa shape index (κ1) is 15.2. The number of carbonyl (C=O) groups excluding carboxylic acids is 1. The lowest BCUT2D eigenvalue weighted by molar-refractivity contribution is -0.207. The number of likely N-dealkylation sites (tertiary alicyclic amines) is 1. The predicted octanol–water partition coefficient (Wildman–Crippen LogP) is 0.381. The average molecular weight is 298 g/mol. The van der Waals surface area contributed by atoms with Gasteiger partial charge in [0.1, 0.15) is 0 Å². The molecule has 3 fully saturated rings. The SMILES string of the molecule is COCCN1C[C@H]2COC[C@@H](C(=O)N3CCCCO3)[C@H]2C1. The number of carbonyl (C=O) groups is 1. The van der Waals surface area contributed by atoms with Crippen molar-refractivity contribution < 1.29 is 19.1 Å². The van der Waals surface area contributed by atoms with Gasteiger partial charge in [-0.05, 0) is 24.7 Å². The van der Waals surface area contributed by atoms with Gasteiger partial charge in [0, 0.05) is 33.3 Å². The van der Waals surface area contributed by atoms with E-state index >= 15 is 0 Å². The van der Waals surface area contributed by atoms with Crippen LogP contribution in [0.5, 0.6) is 0 Å². The first-order valence-corrected chi connectivity index (χ1v) is 8.03. The van der Waals surface area contributed by atoms with Gasteiger partial charge in [0.2, 0.25) is 0 Å². The van der Waals surface area contributed by atoms with Crippen molar-refractivity contribution in [3.8, 4) is 0 Å². The quantitative estimate of drug-likeness (QED) is 0.751. The van der Waals surface area contributed by atoms with Crippen molar-refractivity contribution in [1.82, 2.24) is 9.96 Å². The Hall–Kier alpha value is -0.690. The summed E-state index contributed by atoms with van der Waals surface area (Å²) in [6.45, 7) is 6.36. The van der Waals surface area contributed by atoms with Gasteiger partial charge >= 0.3 is 0 Å². The number of hydrogen-bond donors (Lipinski definition) is 0. The molecule has 0 radical (unpaired) electrons. The number of rotatable bonds is 4. The van der Waals surface area contributed by atoms with Gasteiger partial charge in [-0.1, -0.05) is 0 Å². The van der Waals surface area contributed by atoms with Crippen LogP contribution in [0.1, 0.15) is 12.8 Å². The second-order valence-corrected chi connectivity index (χ2v) is 6.30. The summed E-state index contributed by atoms with van der Waals surface area (Å²) in [5.41, 5.74) is 0. The molecule has 6 nitrogen and oxygen atoms in total. The van der Waals surface area contributed by atoms with Crippen molar-refractivity contribution in [2.75, 3.05) is 59.7 Å². The molecular weight excluding hydrogens is 272 g/mol. The fourth-order valence-electron chi connectivity index (χ4n) is 3.70. The van der Waals surface area contributed by atoms with Crippen LogP contribution >= 0.6 is 0 Å². The van der Waals surface area contributed by atoms with E-state index in [4.69, 9.17) is 14.3 Å². The Bertz CT molecular complexity index is 360. The lowest BCUT2D eigenvalue weighted by atomic mass is 9.82. The van der Waals surface area contributed by atoms with Crippen molar-refractivity contribution in [3.05, 3.63) is 0 Å². The first-order chi connectivity index (χ1) is 10.3. The third kappa shape index (κ3) is 3.39. The molecular formula is C15H26N2O4. The molecule has 0 unspecified atom stereocenters. The summed E-state index contributed by atoms with van der Waals surface area (Å²) >= 11 is 0. The zero-order chi connectivity index (χ0) is 14.7. The van der Waals surface area contributed by atoms with Crippen LogP contribution in [0.2, 0.25) is 0 Å². The summed E-state index contributed by atoms with van der Waals surface area (Å²) in [6, 6.07) is 0. The molecule has 0 aromatic rings. The predicted molar refractivity (Wildman–Crippen MR) is 76.5 cm³/mol. The highest BCUT2D eigenvalue weighted by Gasteiger charge is 2.45. The van der Waals surface area contributed by atoms with Crippen molar-refractivity contribution in [2.24, 2.45) is 17.8 Å². The van der Waals surface area contributed by atoms with Crippen molar-refractivity contribution in [2.45, 2.75) is 12.8 Å². The van der Waals surface area contributed by atoms with Gasteiger partial charge < -0.3 is 14.4 Å². The minimum atomic E-state index is -0.0469. The monoisotopic (exact) mass is 298 g/mol. The Labute approximate surface area is 126 Å². The first-order valence-electron chi connectivity index (χ1n) is 8.03. The zero-order valence-electron chi connectivity index (χ0n) is 12.8. The standard InChI is InChI=1S/C15H26N2O4/c1-19-7-5-16-8-12-10-20-11-14(13(12)9-16)15(18)17-4-2-3-6-21-17/h12-14H,2-11H2,1H3/t12-,13-,14+/m0/s1. The van der Waals surface area contributed by atoms with E-state index in [1.54, 1.807) is 12.2 Å². The largest absolute Gasteiger partial charge is 0.383 e. The van der Waals surface area contributed by atoms with E-state index in [9.17, 15) is 4.79 Å². The molecule has 6 heteroatoms. The van der Waals surface area contributed by atoms with Gasteiger partial charge in [-0.3, -0.25) is 9.63 Å². The minimum absolute atomic E-state index is 0.0469. The Morgan fingerprint density at radius 3 is 2.95 bits per heavy atom. The van der Waals surface area contributed by atoms with E-state index < -0.39 is 0 Å². The molecule has 3 aliphatic heterocycles. The summed E-state index contributed by atoms with van der Waals surface area (Å²) in [7, 11) is 1.73. The second kappa shape index (κ2) is 7.05. The summed E-state index contributed by atoms with van der Waals surface area (Å²) in [5.74, 6) is 0.940. The van der Waals surface area contributed by atoms with Crippen LogP contribution in [0, 0.1) is 17.8 Å². The van der Waals surface area contributed by atoms with Gasteiger partial charge in [-0.2, -0.15) is 0 Å². The summed E-state index contributed by atoms with van der Waals surface area (Å²) in [5, 5.41) is 1.58. The normalized spacial score (nSPS) is 34.0. The molecule has 0 aromatic heterocycles. The fraction of sp³-hybridized carbons (Fsp3) is 0.933. The lowest BCUT2D eigenvalue weighted by Gasteiger charge is -2.36. The molecule has 21 heavy (non-hydrogen) atoms. The maximum Gasteiger partial charge on any atom is 0.251 e. The molecule has 1 amide bonds. The zero-order valence-corrected chi connectivity index (χ0v) is 12.8. The van der Waals surface area contributed by atoms with E-state index in [2.05, 4.69) is 4.90 Å². The summed E-state index contributed by atoms with van der Waals surface area (Å²) in [4.78, 5) is 20.6. The van der Waals surface area contributed by atoms with E-state index in [-0.39, 0.29) is 11.8 Å². The van der Waals surface area contributed by atoms with Crippen molar-refractivity contribution in [1.29, 1.82) is 0 Å². The lowest BCUT2D eigenvalue weighted by Crippen LogP contribution is -2.47. The van der Waals surface area contributed by atoms with Gasteiger partial charge in [-0.25, -0.2) is 5.06 Å². The number of ether oxygens (including phenoxy) is 2. The molecule has 0 aromatic carbocycles. The molecule has 0 bridgehead atoms. The smallest absolute Gasteiger partial charge is 0.251 e. The maximum atomic E-state index is 12.7. The van der Waals surface area contributed by atoms with Gasteiger partial charge in [0.15, 0.2) is 0 Å². The van der Waals surface area contributed by atoms with Crippen molar-refractivity contribution in [3.63, 3.8) is 0 Å². The molecule has 0 spiro atoms. The van der Waals surface area contributed by atoms with Gasteiger partial charge in [0.25, 0.3) is 5.91 Å². The van der Waals surface area contributed by atoms with E-state index in [1.807, 2.05) is 0 Å². The van der Waals surface area contributed by atoms with Crippen LogP contribution in [-0.4, -0.2) is 75.6 Å². The van der Waals surface area contributed by atoms with Crippen molar-refractivity contribution >= 4 is 5.91 Å². The van der Waals surface area contributed by atoms with E-state index in [0.29, 0.717) is 25.0 Å². The highest BCUT2D eigenvalue weighted by Crippen LogP contribution is 2.35. The number of amides is 1. The molecule has 0 aliphatic carbocycles. The summed E-state index contributed by atoms with van der Waals surface area (Å²) < 4.78 is 10.9. The molecule has 3 aliphatic rings. The molecule has 3 heterocycles. The highest BCUT2D eigenvalue weighted by atomic mass is 16.7. The maximum absolute atomic E-state index is 12.7. The molecule has 3 atom stereocenters. The topological polar surface area (TPSA) is 51.2 Å². The van der Waals surface area contributed by atoms with Crippen LogP contribution in [0.3, 0.4) is 0 Å². The molecule has 0 N–H and O–H groups in total. The number of nitrogens with zero attached hydrogens (tertiary/aromatic N) is 2. The summed E-state index contributed by atoms with van der Waals surface area (Å²) in [6.07, 6.45) is 2.08. The van der Waals surface area contributed by atoms with E-state index in [0.717, 1.165) is 52.2 Å². The number of fused-ring (bicyclic) bond motifs is 1. The molecule has 0 saturated carbocycles. The Morgan fingerprint density at radius 2 is 2.19 bits per heavy atom. The third-order valence-electron chi connectivity index (χ3n) is 4.89. The highest BCUT2D eigenvalue weighted by molar-refractivity contribution is 5.78. The van der Waals surface area contributed by atoms with Crippen LogP contribution < -0.4 is 0 Å². The van der Waals surface area contributed by atoms with Crippen LogP contribution in [-0.2, 0) is 19.1 Å². The van der Waals surface area contributed by atoms with Crippen LogP contribution in [0.15, 0.2) is 0 Å². The Balaban J connectivity index is 1.61. The Kier molecular flexibility index (Phi) is 5.11. The van der Waals surface area contributed by atoms with Gasteiger partial charge in [0.05, 0.1) is 32.3 Å². The minimum Gasteiger partial charge on any atom is -0.383 e. The number of methoxy groups -OCH3 is 1. The second-order valence-electron chi connectivity index (χ2n) is 6.30. The molecule has 3 rings (SSSR count). The number of hydrogen-bond acceptors (Lipinski definition) is 5. The van der Waals surface area contributed by atoms with E-state index in [1.165, 1.54) is 0 Å².